The van der Waals surface area contributed by atoms with E-state index in [9.17, 15) is 13.6 Å². The first kappa shape index (κ1) is 17.7. The zero-order chi connectivity index (χ0) is 16.7. The van der Waals surface area contributed by atoms with Crippen molar-refractivity contribution in [3.63, 3.8) is 0 Å². The van der Waals surface area contributed by atoms with Crippen molar-refractivity contribution in [1.82, 2.24) is 10.2 Å². The summed E-state index contributed by atoms with van der Waals surface area (Å²) in [5.74, 6) is -0.272. The van der Waals surface area contributed by atoms with Crippen molar-refractivity contribution >= 4 is 5.91 Å². The van der Waals surface area contributed by atoms with Gasteiger partial charge in [-0.1, -0.05) is 12.5 Å². The molecule has 1 heterocycles. The second-order valence-corrected chi connectivity index (χ2v) is 5.90. The van der Waals surface area contributed by atoms with Gasteiger partial charge in [0.25, 0.3) is 5.91 Å². The molecule has 0 spiro atoms. The van der Waals surface area contributed by atoms with Crippen LogP contribution in [0, 0.1) is 0 Å². The van der Waals surface area contributed by atoms with Gasteiger partial charge in [0, 0.05) is 24.7 Å². The number of nitrogens with zero attached hydrogens (tertiary/aromatic N) is 1. The molecular weight excluding hydrogens is 302 g/mol. The number of carbonyl (C=O) groups excluding carboxylic acids is 1. The highest BCUT2D eigenvalue weighted by atomic mass is 19.3. The maximum atomic E-state index is 12.2. The van der Waals surface area contributed by atoms with Crippen molar-refractivity contribution in [1.29, 1.82) is 0 Å². The van der Waals surface area contributed by atoms with Crippen molar-refractivity contribution < 1.29 is 18.3 Å². The van der Waals surface area contributed by atoms with Gasteiger partial charge < -0.3 is 15.0 Å². The summed E-state index contributed by atoms with van der Waals surface area (Å²) in [6.45, 7) is 2.02. The van der Waals surface area contributed by atoms with Crippen molar-refractivity contribution in [3.8, 4) is 5.75 Å². The van der Waals surface area contributed by atoms with Gasteiger partial charge in [0.15, 0.2) is 0 Å². The van der Waals surface area contributed by atoms with E-state index < -0.39 is 6.61 Å². The predicted octanol–water partition coefficient (Wildman–Crippen LogP) is 3.28. The molecule has 0 aromatic heterocycles. The Morgan fingerprint density at radius 2 is 2.26 bits per heavy atom. The summed E-state index contributed by atoms with van der Waals surface area (Å²) in [7, 11) is 0. The third-order valence-electron chi connectivity index (χ3n) is 4.17. The summed E-state index contributed by atoms with van der Waals surface area (Å²) < 4.78 is 28.7. The third kappa shape index (κ3) is 5.78. The van der Waals surface area contributed by atoms with E-state index in [4.69, 9.17) is 0 Å². The van der Waals surface area contributed by atoms with E-state index in [1.54, 1.807) is 6.07 Å². The molecule has 0 bridgehead atoms. The molecule has 1 aliphatic rings. The Morgan fingerprint density at radius 1 is 1.43 bits per heavy atom. The van der Waals surface area contributed by atoms with Crippen LogP contribution in [0.4, 0.5) is 8.78 Å². The number of halogens is 2. The number of likely N-dealkylation sites (tertiary alicyclic amines) is 1. The number of carbonyl (C=O) groups is 1. The van der Waals surface area contributed by atoms with Crippen molar-refractivity contribution in [2.75, 3.05) is 19.6 Å². The molecule has 1 saturated heterocycles. The van der Waals surface area contributed by atoms with Crippen LogP contribution in [0.25, 0.3) is 0 Å². The molecule has 2 rings (SSSR count). The summed E-state index contributed by atoms with van der Waals surface area (Å²) in [5, 5.41) is 2.83. The average Bonchev–Trinajstić information content (AvgIpc) is 2.52. The predicted molar refractivity (Wildman–Crippen MR) is 84.9 cm³/mol. The number of hydrogen-bond donors (Lipinski definition) is 1. The lowest BCUT2D eigenvalue weighted by Crippen LogP contribution is -2.39. The van der Waals surface area contributed by atoms with Gasteiger partial charge in [0.1, 0.15) is 5.75 Å². The molecule has 1 aromatic carbocycles. The summed E-state index contributed by atoms with van der Waals surface area (Å²) in [5.41, 5.74) is 0.328. The van der Waals surface area contributed by atoms with Crippen LogP contribution in [-0.4, -0.2) is 43.1 Å². The normalized spacial score (nSPS) is 18.9. The van der Waals surface area contributed by atoms with Crippen molar-refractivity contribution in [2.24, 2.45) is 0 Å². The molecule has 1 N–H and O–H groups in total. The van der Waals surface area contributed by atoms with E-state index in [1.807, 2.05) is 0 Å². The van der Waals surface area contributed by atoms with E-state index in [-0.39, 0.29) is 11.7 Å². The highest BCUT2D eigenvalue weighted by molar-refractivity contribution is 5.94. The number of benzene rings is 1. The SMILES string of the molecule is CC1CCCCN1CCCNC(=O)c1cccc(OC(F)F)c1. The molecule has 23 heavy (non-hydrogen) atoms. The second-order valence-electron chi connectivity index (χ2n) is 5.90. The number of alkyl halides is 2. The minimum atomic E-state index is -2.89. The topological polar surface area (TPSA) is 41.6 Å². The first-order valence-corrected chi connectivity index (χ1v) is 8.13. The average molecular weight is 326 g/mol. The molecule has 128 valence electrons. The Balaban J connectivity index is 1.74. The molecule has 0 radical (unpaired) electrons. The quantitative estimate of drug-likeness (QED) is 0.782. The van der Waals surface area contributed by atoms with E-state index >= 15 is 0 Å². The number of amides is 1. The van der Waals surface area contributed by atoms with Gasteiger partial charge >= 0.3 is 6.61 Å². The fraction of sp³-hybridized carbons (Fsp3) is 0.588. The number of nitrogens with one attached hydrogen (secondary N) is 1. The van der Waals surface area contributed by atoms with Crippen LogP contribution >= 0.6 is 0 Å². The lowest BCUT2D eigenvalue weighted by atomic mass is 10.0. The standard InChI is InChI=1S/C17H24F2N2O2/c1-13-6-2-3-10-21(13)11-5-9-20-16(22)14-7-4-8-15(12-14)23-17(18)19/h4,7-8,12-13,17H,2-3,5-6,9-11H2,1H3,(H,20,22). The van der Waals surface area contributed by atoms with Gasteiger partial charge in [-0.2, -0.15) is 8.78 Å². The Bertz CT molecular complexity index is 511. The van der Waals surface area contributed by atoms with E-state index in [0.717, 1.165) is 19.5 Å². The molecule has 1 amide bonds. The molecule has 1 atom stereocenters. The van der Waals surface area contributed by atoms with Crippen LogP contribution in [0.1, 0.15) is 43.0 Å². The van der Waals surface area contributed by atoms with Crippen molar-refractivity contribution in [3.05, 3.63) is 29.8 Å². The lowest BCUT2D eigenvalue weighted by Gasteiger charge is -2.33. The van der Waals surface area contributed by atoms with Crippen LogP contribution in [0.15, 0.2) is 24.3 Å². The summed E-state index contributed by atoms with van der Waals surface area (Å²) in [4.78, 5) is 14.5. The maximum Gasteiger partial charge on any atom is 0.387 e. The zero-order valence-electron chi connectivity index (χ0n) is 13.4. The fourth-order valence-electron chi connectivity index (χ4n) is 2.89. The van der Waals surface area contributed by atoms with Gasteiger partial charge in [-0.3, -0.25) is 4.79 Å². The second kappa shape index (κ2) is 8.82. The highest BCUT2D eigenvalue weighted by Gasteiger charge is 2.17. The largest absolute Gasteiger partial charge is 0.435 e. The molecule has 4 nitrogen and oxygen atoms in total. The summed E-state index contributed by atoms with van der Waals surface area (Å²) >= 11 is 0. The summed E-state index contributed by atoms with van der Waals surface area (Å²) in [6.07, 6.45) is 4.66. The molecule has 0 aliphatic carbocycles. The first-order chi connectivity index (χ1) is 11.1. The first-order valence-electron chi connectivity index (χ1n) is 8.13. The molecular formula is C17H24F2N2O2. The minimum Gasteiger partial charge on any atom is -0.435 e. The van der Waals surface area contributed by atoms with E-state index in [0.29, 0.717) is 18.2 Å². The highest BCUT2D eigenvalue weighted by Crippen LogP contribution is 2.17. The van der Waals surface area contributed by atoms with E-state index in [1.165, 1.54) is 37.5 Å². The molecule has 1 aromatic rings. The number of rotatable bonds is 7. The smallest absolute Gasteiger partial charge is 0.387 e. The van der Waals surface area contributed by atoms with Crippen LogP contribution < -0.4 is 10.1 Å². The molecule has 1 unspecified atom stereocenters. The van der Waals surface area contributed by atoms with Crippen LogP contribution in [0.3, 0.4) is 0 Å². The van der Waals surface area contributed by atoms with E-state index in [2.05, 4.69) is 21.9 Å². The third-order valence-corrected chi connectivity index (χ3v) is 4.17. The Kier molecular flexibility index (Phi) is 6.77. The monoisotopic (exact) mass is 326 g/mol. The molecule has 1 fully saturated rings. The van der Waals surface area contributed by atoms with Crippen LogP contribution in [-0.2, 0) is 0 Å². The van der Waals surface area contributed by atoms with Gasteiger partial charge in [-0.15, -0.1) is 0 Å². The number of hydrogen-bond acceptors (Lipinski definition) is 3. The number of piperidine rings is 1. The lowest BCUT2D eigenvalue weighted by molar-refractivity contribution is -0.0498. The molecule has 1 aliphatic heterocycles. The molecule has 0 saturated carbocycles. The Morgan fingerprint density at radius 3 is 3.00 bits per heavy atom. The van der Waals surface area contributed by atoms with Gasteiger partial charge in [0.2, 0.25) is 0 Å². The van der Waals surface area contributed by atoms with Gasteiger partial charge in [-0.05, 0) is 50.9 Å². The van der Waals surface area contributed by atoms with Gasteiger partial charge in [-0.25, -0.2) is 0 Å². The van der Waals surface area contributed by atoms with Gasteiger partial charge in [0.05, 0.1) is 0 Å². The van der Waals surface area contributed by atoms with Crippen LogP contribution in [0.2, 0.25) is 0 Å². The Labute approximate surface area is 135 Å². The summed E-state index contributed by atoms with van der Waals surface area (Å²) in [6, 6.07) is 6.46. The minimum absolute atomic E-state index is 0.00482. The zero-order valence-corrected chi connectivity index (χ0v) is 13.4. The Hall–Kier alpha value is -1.69. The van der Waals surface area contributed by atoms with Crippen LogP contribution in [0.5, 0.6) is 5.75 Å². The molecule has 6 heteroatoms. The van der Waals surface area contributed by atoms with Crippen molar-refractivity contribution in [2.45, 2.75) is 45.3 Å². The maximum absolute atomic E-state index is 12.2. The fourth-order valence-corrected chi connectivity index (χ4v) is 2.89. The number of ether oxygens (including phenoxy) is 1.